The third-order valence-corrected chi connectivity index (χ3v) is 28.1. The monoisotopic (exact) mass is 2240 g/mol. The molecule has 7 N–H and O–H groups in total. The molecule has 12 rings (SSSR count). The van der Waals surface area contributed by atoms with Crippen molar-refractivity contribution in [1.82, 2.24) is 0 Å². The number of hydrogen-bond donors (Lipinski definition) is 6. The van der Waals surface area contributed by atoms with Crippen molar-refractivity contribution in [1.29, 1.82) is 0 Å². The SMILES string of the molecule is CC(C)(C)c1cc(Br)c(Cl)cc1O.CC(C)(C)c1cc(Cl)c(F)cc1O.CC(C)(C)c1cccc2ccccc12.Cc1cc(C(C)(C)C)c(C)cc1Cl.Cc1cc(C(C)(C)C)c(Cl)cc1Cl.Cc1cc(C(C)(C)C)c(Cl)cc1Cl.Cc1cc(C(C)(C)C)c(O)cc1Cl.Cc1cc(C(C)(C)C)cc(C(N)=O)c1Cl.Cc1cc(C(C)(C)C)cc(O)c1Cl.Cc1cc(Cl)cc(C(C)(C)C)c1.Cc1ccc(O)c(C(C)(C)C)c1. The van der Waals surface area contributed by atoms with Gasteiger partial charge in [-0.15, -0.1) is 0 Å². The Balaban J connectivity index is 0.000000536. The molecule has 144 heavy (non-hydrogen) atoms. The maximum absolute atomic E-state index is 12.9. The van der Waals surface area contributed by atoms with Gasteiger partial charge in [-0.3, -0.25) is 4.79 Å². The highest BCUT2D eigenvalue weighted by atomic mass is 79.9. The number of nitrogens with two attached hydrogens (primary N) is 1. The largest absolute Gasteiger partial charge is 0.508 e. The second-order valence-corrected chi connectivity index (χ2v) is 53.5. The van der Waals surface area contributed by atoms with Crippen LogP contribution in [0.3, 0.4) is 0 Å². The average Bonchev–Trinajstić information content (AvgIpc) is 0.972. The van der Waals surface area contributed by atoms with Crippen molar-refractivity contribution in [3.8, 4) is 28.7 Å². The quantitative estimate of drug-likeness (QED) is 0.0966. The Morgan fingerprint density at radius 3 is 0.993 bits per heavy atom. The molecule has 0 radical (unpaired) electrons. The maximum Gasteiger partial charge on any atom is 0.250 e. The number of phenolic OH excluding ortho intramolecular Hbond substituents is 5. The van der Waals surface area contributed by atoms with E-state index in [4.69, 9.17) is 133 Å². The fourth-order valence-corrected chi connectivity index (χ4v) is 17.4. The average molecular weight is 2250 g/mol. The van der Waals surface area contributed by atoms with Crippen molar-refractivity contribution < 1.29 is 34.7 Å². The molecule has 0 bridgehead atoms. The summed E-state index contributed by atoms with van der Waals surface area (Å²) in [5.74, 6) is -0.0146. The molecule has 790 valence electrons. The van der Waals surface area contributed by atoms with Gasteiger partial charge in [-0.2, -0.15) is 0 Å². The molecule has 12 aromatic rings. The topological polar surface area (TPSA) is 144 Å². The summed E-state index contributed by atoms with van der Waals surface area (Å²) in [5.41, 5.74) is 28.1. The third kappa shape index (κ3) is 43.1. The first-order chi connectivity index (χ1) is 64.9. The Bertz CT molecular complexity index is 5770. The summed E-state index contributed by atoms with van der Waals surface area (Å²) in [5, 5.41) is 57.3. The summed E-state index contributed by atoms with van der Waals surface area (Å²) in [6.07, 6.45) is 0. The van der Waals surface area contributed by atoms with Crippen LogP contribution in [0.4, 0.5) is 4.39 Å². The Morgan fingerprint density at radius 1 is 0.257 bits per heavy atom. The van der Waals surface area contributed by atoms with E-state index in [1.54, 1.807) is 30.3 Å². The predicted molar refractivity (Wildman–Crippen MR) is 636 cm³/mol. The van der Waals surface area contributed by atoms with Gasteiger partial charge in [0.05, 0.1) is 25.7 Å². The molecule has 0 aliphatic rings. The molecule has 1 amide bonds. The van der Waals surface area contributed by atoms with E-state index in [9.17, 15) is 34.7 Å². The van der Waals surface area contributed by atoms with E-state index in [2.05, 4.69) is 296 Å². The minimum Gasteiger partial charge on any atom is -0.508 e. The molecule has 0 aromatic heterocycles. The van der Waals surface area contributed by atoms with Crippen LogP contribution < -0.4 is 5.73 Å². The Hall–Kier alpha value is -7.03. The lowest BCUT2D eigenvalue weighted by Gasteiger charge is -2.22. The zero-order valence-corrected chi connectivity index (χ0v) is 103. The molecule has 0 heterocycles. The normalized spacial score (nSPS) is 11.8. The van der Waals surface area contributed by atoms with Gasteiger partial charge < -0.3 is 31.3 Å². The molecule has 0 saturated heterocycles. The van der Waals surface area contributed by atoms with Gasteiger partial charge >= 0.3 is 0 Å². The van der Waals surface area contributed by atoms with Crippen LogP contribution in [0.15, 0.2) is 180 Å². The number of phenols is 5. The van der Waals surface area contributed by atoms with Crippen LogP contribution in [0, 0.1) is 68.1 Å². The lowest BCUT2D eigenvalue weighted by atomic mass is 9.83. The van der Waals surface area contributed by atoms with E-state index in [0.717, 1.165) is 113 Å². The van der Waals surface area contributed by atoms with E-state index in [1.807, 2.05) is 144 Å². The molecular weight excluding hydrogens is 2090 g/mol. The van der Waals surface area contributed by atoms with Crippen LogP contribution in [0.2, 0.25) is 55.2 Å². The first-order valence-electron chi connectivity index (χ1n) is 48.1. The van der Waals surface area contributed by atoms with E-state index < -0.39 is 11.7 Å². The second kappa shape index (κ2) is 54.1. The van der Waals surface area contributed by atoms with Crippen molar-refractivity contribution in [3.05, 3.63) is 358 Å². The number of carbonyl (C=O) groups is 1. The van der Waals surface area contributed by atoms with Gasteiger partial charge in [-0.25, -0.2) is 4.39 Å². The van der Waals surface area contributed by atoms with Crippen LogP contribution in [0.1, 0.15) is 350 Å². The minimum atomic E-state index is -0.591. The Kier molecular flexibility index (Phi) is 50.0. The van der Waals surface area contributed by atoms with Gasteiger partial charge in [-0.05, 0) is 316 Å². The van der Waals surface area contributed by atoms with E-state index in [0.29, 0.717) is 37.0 Å². The number of hydrogen-bond acceptors (Lipinski definition) is 6. The van der Waals surface area contributed by atoms with E-state index in [1.165, 1.54) is 50.2 Å². The van der Waals surface area contributed by atoms with Crippen LogP contribution in [0.5, 0.6) is 28.7 Å². The van der Waals surface area contributed by atoms with Gasteiger partial charge in [-0.1, -0.05) is 459 Å². The Labute approximate surface area is 929 Å². The van der Waals surface area contributed by atoms with Crippen molar-refractivity contribution in [3.63, 3.8) is 0 Å². The molecule has 20 heteroatoms. The summed E-state index contributed by atoms with van der Waals surface area (Å²) in [6, 6.07) is 56.0. The second-order valence-electron chi connectivity index (χ2n) is 48.2. The van der Waals surface area contributed by atoms with Crippen LogP contribution in [-0.2, 0) is 59.6 Å². The number of carbonyl (C=O) groups excluding carboxylic acids is 1. The first kappa shape index (κ1) is 133. The van der Waals surface area contributed by atoms with Gasteiger partial charge in [0.25, 0.3) is 0 Å². The predicted octanol–water partition coefficient (Wildman–Crippen LogP) is 42.5. The lowest BCUT2D eigenvalue weighted by molar-refractivity contribution is 0.1000. The van der Waals surface area contributed by atoms with Crippen molar-refractivity contribution >= 4 is 160 Å². The first-order valence-corrected chi connectivity index (χ1v) is 53.0. The molecule has 0 saturated carbocycles. The number of rotatable bonds is 1. The maximum atomic E-state index is 12.9. The minimum absolute atomic E-state index is 0.0143. The highest BCUT2D eigenvalue weighted by Crippen LogP contribution is 2.43. The van der Waals surface area contributed by atoms with Crippen LogP contribution >= 0.6 is 144 Å². The molecule has 0 atom stereocenters. The third-order valence-electron chi connectivity index (χ3n) is 23.2. The van der Waals surface area contributed by atoms with Gasteiger partial charge in [0.2, 0.25) is 5.91 Å². The standard InChI is InChI=1S/C14H16.C12H16ClNO.C12H17Cl.2C11H14Cl2.2C11H15ClO.C11H15Cl.C11H16O.C10H12BrClO.C10H12ClFO/c1-14(2,3)13-10-6-8-11-7-4-5-9-12(11)13;1-7-5-8(12(2,3)4)6-9(10(7)13)11(14)15;1-8-7-11(13)9(2)6-10(8)12(3,4)5;3*1-7-5-8(11(2,3)4)10(13)6-9(7)12;1-7-5-8(11(2,3)4)6-9(13)10(7)12;1-8-5-9(11(2,3)4)7-10(12)6-8;1-8-5-6-10(12)9(7-8)11(2,3)4;2*1-10(2,3)6-4-7(11)8(12)5-9(6)13/h4-10H,1-3H3;5-6H,1-4H3,(H2,14,15);6-7H,1-5H3;2*5-6H,1-4H3;2*5-6,13H,1-4H3;5-7H,1-4H3;5-7,12H,1-4H3;2*4-5,13H,1-3H3. The van der Waals surface area contributed by atoms with E-state index >= 15 is 0 Å². The number of amides is 1. The van der Waals surface area contributed by atoms with Crippen LogP contribution in [-0.4, -0.2) is 31.4 Å². The highest BCUT2D eigenvalue weighted by molar-refractivity contribution is 9.10. The van der Waals surface area contributed by atoms with Gasteiger partial charge in [0.1, 0.15) is 34.6 Å². The molecule has 0 spiro atoms. The lowest BCUT2D eigenvalue weighted by Crippen LogP contribution is -2.17. The zero-order valence-electron chi connectivity index (χ0n) is 93.4. The summed E-state index contributed by atoms with van der Waals surface area (Å²) >= 11 is 68.6. The molecular formula is C124H162BrCl11FNO6. The van der Waals surface area contributed by atoms with Gasteiger partial charge in [0, 0.05) is 56.8 Å². The Morgan fingerprint density at radius 2 is 0.597 bits per heavy atom. The molecule has 0 aliphatic heterocycles. The smallest absolute Gasteiger partial charge is 0.250 e. The molecule has 0 fully saturated rings. The summed E-state index contributed by atoms with van der Waals surface area (Å²) < 4.78 is 13.7. The fourth-order valence-electron chi connectivity index (χ4n) is 14.5. The molecule has 12 aromatic carbocycles. The van der Waals surface area contributed by atoms with Crippen molar-refractivity contribution in [2.24, 2.45) is 5.73 Å². The number of benzene rings is 12. The molecule has 7 nitrogen and oxygen atoms in total. The molecule has 0 aliphatic carbocycles. The summed E-state index contributed by atoms with van der Waals surface area (Å²) in [7, 11) is 0. The number of aryl methyl sites for hydroxylation is 9. The summed E-state index contributed by atoms with van der Waals surface area (Å²) in [6.45, 7) is 87.8. The number of primary amides is 1. The highest BCUT2D eigenvalue weighted by Gasteiger charge is 2.28. The number of aromatic hydroxyl groups is 5. The fraction of sp³-hybridized carbons (Fsp3) is 0.427. The van der Waals surface area contributed by atoms with Gasteiger partial charge in [0.15, 0.2) is 0 Å². The molecule has 0 unspecified atom stereocenters. The van der Waals surface area contributed by atoms with Crippen LogP contribution in [0.25, 0.3) is 10.8 Å². The summed E-state index contributed by atoms with van der Waals surface area (Å²) in [4.78, 5) is 11.2. The van der Waals surface area contributed by atoms with Crippen molar-refractivity contribution in [2.45, 2.75) is 350 Å². The van der Waals surface area contributed by atoms with E-state index in [-0.39, 0.29) is 87.6 Å². The number of fused-ring (bicyclic) bond motifs is 1. The van der Waals surface area contributed by atoms with Crippen molar-refractivity contribution in [2.75, 3.05) is 0 Å². The zero-order chi connectivity index (χ0) is 112. The number of halogens is 13.